The van der Waals surface area contributed by atoms with Gasteiger partial charge in [-0.1, -0.05) is 35.9 Å². The summed E-state index contributed by atoms with van der Waals surface area (Å²) in [6.45, 7) is 5.46. The summed E-state index contributed by atoms with van der Waals surface area (Å²) < 4.78 is 6.88. The molecule has 0 aliphatic rings. The fourth-order valence-corrected chi connectivity index (χ4v) is 3.10. The molecule has 0 aliphatic carbocycles. The molecule has 0 saturated carbocycles. The summed E-state index contributed by atoms with van der Waals surface area (Å²) in [4.78, 5) is 24.3. The summed E-state index contributed by atoms with van der Waals surface area (Å²) in [7, 11) is 0. The van der Waals surface area contributed by atoms with Crippen LogP contribution in [0, 0.1) is 20.8 Å². The Morgan fingerprint density at radius 3 is 2.48 bits per heavy atom. The van der Waals surface area contributed by atoms with E-state index in [9.17, 15) is 9.59 Å². The molecule has 0 aliphatic heterocycles. The first-order valence-electron chi connectivity index (χ1n) is 9.17. The Balaban J connectivity index is 1.58. The summed E-state index contributed by atoms with van der Waals surface area (Å²) in [5.41, 5.74) is 4.74. The van der Waals surface area contributed by atoms with Crippen LogP contribution in [0.3, 0.4) is 0 Å². The van der Waals surface area contributed by atoms with Gasteiger partial charge in [0.2, 0.25) is 0 Å². The quantitative estimate of drug-likeness (QED) is 0.624. The maximum absolute atomic E-state index is 12.2. The number of amides is 1. The van der Waals surface area contributed by atoms with E-state index in [0.717, 1.165) is 16.8 Å². The number of nitrogens with one attached hydrogen (secondary N) is 1. The number of halogens is 1. The van der Waals surface area contributed by atoms with Crippen LogP contribution in [0.15, 0.2) is 48.5 Å². The number of carbonyl (C=O) groups is 2. The molecule has 1 N–H and O–H groups in total. The van der Waals surface area contributed by atoms with Gasteiger partial charge in [-0.05, 0) is 56.2 Å². The number of rotatable bonds is 6. The second-order valence-electron chi connectivity index (χ2n) is 6.74. The molecule has 3 aromatic rings. The number of nitrogens with zero attached hydrogens (tertiary/aromatic N) is 2. The van der Waals surface area contributed by atoms with Crippen LogP contribution >= 0.6 is 11.6 Å². The first-order valence-corrected chi connectivity index (χ1v) is 9.55. The van der Waals surface area contributed by atoms with E-state index < -0.39 is 5.97 Å². The van der Waals surface area contributed by atoms with Crippen LogP contribution in [0.1, 0.15) is 32.7 Å². The van der Waals surface area contributed by atoms with Crippen molar-refractivity contribution in [2.45, 2.75) is 27.4 Å². The van der Waals surface area contributed by atoms with Crippen molar-refractivity contribution < 1.29 is 14.3 Å². The zero-order chi connectivity index (χ0) is 21.0. The maximum atomic E-state index is 12.2. The molecule has 7 heteroatoms. The van der Waals surface area contributed by atoms with Crippen molar-refractivity contribution in [1.82, 2.24) is 15.1 Å². The fourth-order valence-electron chi connectivity index (χ4n) is 2.78. The standard InChI is InChI=1S/C22H22ClN3O3/c1-14-9-10-17(11-15(14)2)22(28)24-12-20(27)29-13-19-16(3)25-26(21(19)23)18-7-5-4-6-8-18/h4-11H,12-13H2,1-3H3,(H,24,28). The van der Waals surface area contributed by atoms with Crippen molar-refractivity contribution in [2.75, 3.05) is 6.54 Å². The van der Waals surface area contributed by atoms with Gasteiger partial charge in [0, 0.05) is 11.1 Å². The number of para-hydroxylation sites is 1. The predicted octanol–water partition coefficient (Wildman–Crippen LogP) is 3.92. The first kappa shape index (κ1) is 20.6. The highest BCUT2D eigenvalue weighted by atomic mass is 35.5. The predicted molar refractivity (Wildman–Crippen MR) is 111 cm³/mol. The topological polar surface area (TPSA) is 73.2 Å². The maximum Gasteiger partial charge on any atom is 0.325 e. The second-order valence-corrected chi connectivity index (χ2v) is 7.10. The lowest BCUT2D eigenvalue weighted by Gasteiger charge is -2.08. The normalized spacial score (nSPS) is 10.6. The minimum atomic E-state index is -0.551. The Bertz CT molecular complexity index is 1040. The van der Waals surface area contributed by atoms with Crippen LogP contribution in [0.25, 0.3) is 5.69 Å². The highest BCUT2D eigenvalue weighted by Crippen LogP contribution is 2.24. The van der Waals surface area contributed by atoms with E-state index in [-0.39, 0.29) is 19.1 Å². The lowest BCUT2D eigenvalue weighted by Crippen LogP contribution is -2.30. The zero-order valence-corrected chi connectivity index (χ0v) is 17.3. The van der Waals surface area contributed by atoms with E-state index >= 15 is 0 Å². The number of hydrogen-bond donors (Lipinski definition) is 1. The number of hydrogen-bond acceptors (Lipinski definition) is 4. The van der Waals surface area contributed by atoms with E-state index in [0.29, 0.717) is 22.0 Å². The Hall–Kier alpha value is -3.12. The minimum absolute atomic E-state index is 0.0180. The monoisotopic (exact) mass is 411 g/mol. The number of carbonyl (C=O) groups excluding carboxylic acids is 2. The summed E-state index contributed by atoms with van der Waals surface area (Å²) in [6.07, 6.45) is 0. The number of ether oxygens (including phenoxy) is 1. The van der Waals surface area contributed by atoms with Gasteiger partial charge >= 0.3 is 5.97 Å². The zero-order valence-electron chi connectivity index (χ0n) is 16.5. The molecular weight excluding hydrogens is 390 g/mol. The van der Waals surface area contributed by atoms with Gasteiger partial charge in [0.25, 0.3) is 5.91 Å². The molecule has 0 bridgehead atoms. The number of benzene rings is 2. The third-order valence-electron chi connectivity index (χ3n) is 4.66. The van der Waals surface area contributed by atoms with Crippen molar-refractivity contribution in [1.29, 1.82) is 0 Å². The first-order chi connectivity index (χ1) is 13.9. The Morgan fingerprint density at radius 2 is 1.79 bits per heavy atom. The van der Waals surface area contributed by atoms with Gasteiger partial charge in [-0.25, -0.2) is 4.68 Å². The molecule has 2 aromatic carbocycles. The summed E-state index contributed by atoms with van der Waals surface area (Å²) >= 11 is 6.42. The smallest absolute Gasteiger partial charge is 0.325 e. The molecule has 1 aromatic heterocycles. The van der Waals surface area contributed by atoms with Crippen molar-refractivity contribution in [3.05, 3.63) is 81.6 Å². The summed E-state index contributed by atoms with van der Waals surface area (Å²) in [5, 5.41) is 7.38. The SMILES string of the molecule is Cc1ccc(C(=O)NCC(=O)OCc2c(C)nn(-c3ccccc3)c2Cl)cc1C. The molecule has 6 nitrogen and oxygen atoms in total. The molecule has 3 rings (SSSR count). The van der Waals surface area contributed by atoms with Crippen LogP contribution in [-0.4, -0.2) is 28.2 Å². The molecule has 0 saturated heterocycles. The van der Waals surface area contributed by atoms with Crippen LogP contribution in [0.2, 0.25) is 5.15 Å². The molecule has 29 heavy (non-hydrogen) atoms. The second kappa shape index (κ2) is 8.92. The Kier molecular flexibility index (Phi) is 6.34. The molecule has 0 unspecified atom stereocenters. The van der Waals surface area contributed by atoms with Crippen LogP contribution < -0.4 is 5.32 Å². The van der Waals surface area contributed by atoms with Gasteiger partial charge in [0.15, 0.2) is 0 Å². The largest absolute Gasteiger partial charge is 0.459 e. The summed E-state index contributed by atoms with van der Waals surface area (Å²) in [6, 6.07) is 14.8. The number of aryl methyl sites for hydroxylation is 3. The van der Waals surface area contributed by atoms with E-state index in [1.54, 1.807) is 23.7 Å². The van der Waals surface area contributed by atoms with Crippen LogP contribution in [0.4, 0.5) is 0 Å². The molecule has 0 spiro atoms. The molecular formula is C22H22ClN3O3. The molecule has 0 atom stereocenters. The van der Waals surface area contributed by atoms with Gasteiger partial charge in [0.05, 0.1) is 11.4 Å². The molecule has 1 heterocycles. The van der Waals surface area contributed by atoms with E-state index in [1.165, 1.54) is 0 Å². The van der Waals surface area contributed by atoms with Crippen LogP contribution in [-0.2, 0) is 16.1 Å². The van der Waals surface area contributed by atoms with E-state index in [2.05, 4.69) is 10.4 Å². The van der Waals surface area contributed by atoms with E-state index in [1.807, 2.05) is 50.2 Å². The van der Waals surface area contributed by atoms with Crippen molar-refractivity contribution in [3.8, 4) is 5.69 Å². The van der Waals surface area contributed by atoms with Gasteiger partial charge < -0.3 is 10.1 Å². The van der Waals surface area contributed by atoms with Gasteiger partial charge in [0.1, 0.15) is 18.3 Å². The molecule has 1 amide bonds. The van der Waals surface area contributed by atoms with Crippen molar-refractivity contribution in [3.63, 3.8) is 0 Å². The molecule has 0 radical (unpaired) electrons. The number of esters is 1. The van der Waals surface area contributed by atoms with Crippen molar-refractivity contribution >= 4 is 23.5 Å². The average Bonchev–Trinajstić information content (AvgIpc) is 3.00. The third-order valence-corrected chi connectivity index (χ3v) is 5.05. The van der Waals surface area contributed by atoms with Crippen LogP contribution in [0.5, 0.6) is 0 Å². The number of aromatic nitrogens is 2. The third kappa shape index (κ3) is 4.84. The highest BCUT2D eigenvalue weighted by molar-refractivity contribution is 6.30. The minimum Gasteiger partial charge on any atom is -0.459 e. The summed E-state index contributed by atoms with van der Waals surface area (Å²) in [5.74, 6) is -0.874. The van der Waals surface area contributed by atoms with E-state index in [4.69, 9.17) is 16.3 Å². The average molecular weight is 412 g/mol. The molecule has 0 fully saturated rings. The van der Waals surface area contributed by atoms with Gasteiger partial charge in [-0.3, -0.25) is 9.59 Å². The van der Waals surface area contributed by atoms with Gasteiger partial charge in [-0.15, -0.1) is 0 Å². The highest BCUT2D eigenvalue weighted by Gasteiger charge is 2.17. The Morgan fingerprint density at radius 1 is 1.07 bits per heavy atom. The van der Waals surface area contributed by atoms with Crippen molar-refractivity contribution in [2.24, 2.45) is 0 Å². The lowest BCUT2D eigenvalue weighted by atomic mass is 10.1. The Labute approximate surface area is 174 Å². The molecule has 150 valence electrons. The lowest BCUT2D eigenvalue weighted by molar-refractivity contribution is -0.143. The van der Waals surface area contributed by atoms with Gasteiger partial charge in [-0.2, -0.15) is 5.10 Å². The fraction of sp³-hybridized carbons (Fsp3) is 0.227.